The van der Waals surface area contributed by atoms with Crippen LogP contribution in [0.4, 0.5) is 5.82 Å². The van der Waals surface area contributed by atoms with E-state index in [0.29, 0.717) is 31.4 Å². The van der Waals surface area contributed by atoms with E-state index in [1.165, 1.54) is 23.1 Å². The summed E-state index contributed by atoms with van der Waals surface area (Å²) in [5.41, 5.74) is 11.7. The van der Waals surface area contributed by atoms with E-state index in [0.717, 1.165) is 53.7 Å². The molecule has 3 N–H and O–H groups in total. The number of H-pyrrole nitrogens is 1. The molecule has 1 saturated heterocycles. The van der Waals surface area contributed by atoms with Crippen molar-refractivity contribution in [2.75, 3.05) is 31.9 Å². The van der Waals surface area contributed by atoms with Gasteiger partial charge in [-0.05, 0) is 61.1 Å². The van der Waals surface area contributed by atoms with Crippen LogP contribution in [0.1, 0.15) is 40.8 Å². The Bertz CT molecular complexity index is 1380. The third kappa shape index (κ3) is 3.80. The molecule has 34 heavy (non-hydrogen) atoms. The summed E-state index contributed by atoms with van der Waals surface area (Å²) in [4.78, 5) is 30.3. The van der Waals surface area contributed by atoms with Crippen molar-refractivity contribution in [2.45, 2.75) is 32.7 Å². The van der Waals surface area contributed by atoms with Gasteiger partial charge in [0.15, 0.2) is 0 Å². The van der Waals surface area contributed by atoms with Gasteiger partial charge in [0.1, 0.15) is 11.6 Å². The van der Waals surface area contributed by atoms with Gasteiger partial charge >= 0.3 is 0 Å². The van der Waals surface area contributed by atoms with Gasteiger partial charge in [0.05, 0.1) is 12.1 Å². The van der Waals surface area contributed by atoms with E-state index < -0.39 is 0 Å². The van der Waals surface area contributed by atoms with Gasteiger partial charge in [-0.3, -0.25) is 9.69 Å². The van der Waals surface area contributed by atoms with Gasteiger partial charge in [0, 0.05) is 53.7 Å². The van der Waals surface area contributed by atoms with E-state index in [1.807, 2.05) is 35.2 Å². The van der Waals surface area contributed by atoms with Crippen molar-refractivity contribution in [1.82, 2.24) is 24.8 Å². The first-order valence-electron chi connectivity index (χ1n) is 12.2. The smallest absolute Gasteiger partial charge is 0.253 e. The second-order valence-electron chi connectivity index (χ2n) is 9.80. The molecule has 0 bridgehead atoms. The molecule has 1 amide bonds. The van der Waals surface area contributed by atoms with Crippen LogP contribution in [0.25, 0.3) is 21.8 Å². The Kier molecular flexibility index (Phi) is 5.21. The third-order valence-electron chi connectivity index (χ3n) is 7.38. The van der Waals surface area contributed by atoms with Crippen LogP contribution in [0.3, 0.4) is 0 Å². The van der Waals surface area contributed by atoms with Gasteiger partial charge in [0.25, 0.3) is 5.91 Å². The largest absolute Gasteiger partial charge is 0.383 e. The van der Waals surface area contributed by atoms with Crippen LogP contribution in [-0.2, 0) is 19.4 Å². The summed E-state index contributed by atoms with van der Waals surface area (Å²) in [5.74, 6) is 2.06. The second-order valence-corrected chi connectivity index (χ2v) is 9.80. The molecule has 6 rings (SSSR count). The first kappa shape index (κ1) is 21.1. The minimum absolute atomic E-state index is 0.117. The number of nitrogen functional groups attached to an aromatic ring is 1. The number of hydrogen-bond acceptors (Lipinski definition) is 5. The molecule has 0 saturated carbocycles. The summed E-state index contributed by atoms with van der Waals surface area (Å²) < 4.78 is 0. The molecular weight excluding hydrogens is 424 g/mol. The molecule has 3 heterocycles. The van der Waals surface area contributed by atoms with Crippen LogP contribution in [0.15, 0.2) is 42.5 Å². The van der Waals surface area contributed by atoms with Crippen molar-refractivity contribution in [3.8, 4) is 0 Å². The molecule has 0 spiro atoms. The Morgan fingerprint density at radius 3 is 2.76 bits per heavy atom. The van der Waals surface area contributed by atoms with Gasteiger partial charge < -0.3 is 15.6 Å². The van der Waals surface area contributed by atoms with Crippen molar-refractivity contribution in [2.24, 2.45) is 5.92 Å². The highest BCUT2D eigenvalue weighted by atomic mass is 16.2. The SMILES string of the molecule is CC1CCc2[nH]c3ccc(C(=O)N4CCN(Cc5nc(N)c6ccccc6n5)CC4)cc3c2C1. The van der Waals surface area contributed by atoms with Crippen LogP contribution in [0, 0.1) is 5.92 Å². The number of hydrogen-bond donors (Lipinski definition) is 2. The van der Waals surface area contributed by atoms with Crippen LogP contribution in [-0.4, -0.2) is 56.8 Å². The van der Waals surface area contributed by atoms with E-state index in [9.17, 15) is 4.79 Å². The zero-order chi connectivity index (χ0) is 23.2. The van der Waals surface area contributed by atoms with E-state index in [-0.39, 0.29) is 5.91 Å². The number of nitrogens with one attached hydrogen (secondary N) is 1. The molecular formula is C27H30N6O. The van der Waals surface area contributed by atoms with Crippen LogP contribution in [0.5, 0.6) is 0 Å². The number of anilines is 1. The quantitative estimate of drug-likeness (QED) is 0.492. The fourth-order valence-electron chi connectivity index (χ4n) is 5.44. The number of nitrogens with two attached hydrogens (primary N) is 1. The number of aromatic amines is 1. The zero-order valence-electron chi connectivity index (χ0n) is 19.6. The monoisotopic (exact) mass is 454 g/mol. The summed E-state index contributed by atoms with van der Waals surface area (Å²) in [6.45, 7) is 5.93. The molecule has 1 aliphatic heterocycles. The fourth-order valence-corrected chi connectivity index (χ4v) is 5.44. The Morgan fingerprint density at radius 1 is 1.09 bits per heavy atom. The molecule has 1 atom stereocenters. The lowest BCUT2D eigenvalue weighted by molar-refractivity contribution is 0.0626. The molecule has 2 aliphatic rings. The van der Waals surface area contributed by atoms with E-state index in [4.69, 9.17) is 5.73 Å². The molecule has 7 heteroatoms. The summed E-state index contributed by atoms with van der Waals surface area (Å²) in [6, 6.07) is 14.0. The number of carbonyl (C=O) groups excluding carboxylic acids is 1. The highest BCUT2D eigenvalue weighted by molar-refractivity contribution is 5.99. The Hall–Kier alpha value is -3.45. The van der Waals surface area contributed by atoms with Crippen LogP contribution < -0.4 is 5.73 Å². The van der Waals surface area contributed by atoms with Crippen molar-refractivity contribution in [3.05, 3.63) is 65.1 Å². The number of benzene rings is 2. The number of fused-ring (bicyclic) bond motifs is 4. The number of carbonyl (C=O) groups is 1. The molecule has 7 nitrogen and oxygen atoms in total. The molecule has 2 aromatic carbocycles. The molecule has 174 valence electrons. The molecule has 4 aromatic rings. The van der Waals surface area contributed by atoms with E-state index in [1.54, 1.807) is 0 Å². The summed E-state index contributed by atoms with van der Waals surface area (Å²) in [7, 11) is 0. The Balaban J connectivity index is 1.14. The third-order valence-corrected chi connectivity index (χ3v) is 7.38. The highest BCUT2D eigenvalue weighted by Gasteiger charge is 2.25. The van der Waals surface area contributed by atoms with Crippen molar-refractivity contribution in [3.63, 3.8) is 0 Å². The second kappa shape index (κ2) is 8.40. The minimum Gasteiger partial charge on any atom is -0.383 e. The lowest BCUT2D eigenvalue weighted by atomic mass is 9.87. The number of aromatic nitrogens is 3. The number of aryl methyl sites for hydroxylation is 1. The first-order chi connectivity index (χ1) is 16.5. The molecule has 1 fully saturated rings. The fraction of sp³-hybridized carbons (Fsp3) is 0.370. The van der Waals surface area contributed by atoms with Gasteiger partial charge in [-0.25, -0.2) is 9.97 Å². The first-order valence-corrected chi connectivity index (χ1v) is 12.2. The molecule has 2 aromatic heterocycles. The van der Waals surface area contributed by atoms with Crippen molar-refractivity contribution in [1.29, 1.82) is 0 Å². The highest BCUT2D eigenvalue weighted by Crippen LogP contribution is 2.32. The molecule has 1 unspecified atom stereocenters. The number of piperazine rings is 1. The maximum absolute atomic E-state index is 13.3. The summed E-state index contributed by atoms with van der Waals surface area (Å²) in [5, 5.41) is 2.11. The van der Waals surface area contributed by atoms with Crippen LogP contribution in [0.2, 0.25) is 0 Å². The number of nitrogens with zero attached hydrogens (tertiary/aromatic N) is 4. The predicted molar refractivity (Wildman–Crippen MR) is 135 cm³/mol. The number of amides is 1. The average Bonchev–Trinajstić information content (AvgIpc) is 3.21. The van der Waals surface area contributed by atoms with Gasteiger partial charge in [-0.15, -0.1) is 0 Å². The van der Waals surface area contributed by atoms with E-state index in [2.05, 4.69) is 38.9 Å². The van der Waals surface area contributed by atoms with Gasteiger partial charge in [0.2, 0.25) is 0 Å². The van der Waals surface area contributed by atoms with Crippen LogP contribution >= 0.6 is 0 Å². The normalized spacial score (nSPS) is 19.0. The zero-order valence-corrected chi connectivity index (χ0v) is 19.6. The Labute approximate surface area is 199 Å². The van der Waals surface area contributed by atoms with Crippen molar-refractivity contribution >= 4 is 33.5 Å². The minimum atomic E-state index is 0.117. The lowest BCUT2D eigenvalue weighted by Crippen LogP contribution is -2.48. The number of rotatable bonds is 3. The molecule has 0 radical (unpaired) electrons. The standard InChI is InChI=1S/C27H30N6O/c1-17-6-8-23-20(14-17)21-15-18(7-9-24(21)29-23)27(34)33-12-10-32(11-13-33)16-25-30-22-5-3-2-4-19(22)26(28)31-25/h2-5,7,9,15,17,29H,6,8,10-14,16H2,1H3,(H2,28,30,31). The average molecular weight is 455 g/mol. The molecule has 1 aliphatic carbocycles. The maximum Gasteiger partial charge on any atom is 0.253 e. The lowest BCUT2D eigenvalue weighted by Gasteiger charge is -2.34. The van der Waals surface area contributed by atoms with Crippen molar-refractivity contribution < 1.29 is 4.79 Å². The predicted octanol–water partition coefficient (Wildman–Crippen LogP) is 3.78. The topological polar surface area (TPSA) is 91.1 Å². The van der Waals surface area contributed by atoms with Gasteiger partial charge in [-0.1, -0.05) is 19.1 Å². The summed E-state index contributed by atoms with van der Waals surface area (Å²) >= 11 is 0. The van der Waals surface area contributed by atoms with Gasteiger partial charge in [-0.2, -0.15) is 0 Å². The maximum atomic E-state index is 13.3. The van der Waals surface area contributed by atoms with E-state index >= 15 is 0 Å². The Morgan fingerprint density at radius 2 is 1.91 bits per heavy atom. The summed E-state index contributed by atoms with van der Waals surface area (Å²) in [6.07, 6.45) is 3.42. The number of para-hydroxylation sites is 1.